The van der Waals surface area contributed by atoms with Crippen LogP contribution in [0.5, 0.6) is 0 Å². The van der Waals surface area contributed by atoms with Crippen molar-refractivity contribution in [3.63, 3.8) is 0 Å². The fourth-order valence-electron chi connectivity index (χ4n) is 3.08. The number of hydrogen-bond acceptors (Lipinski definition) is 5. The Labute approximate surface area is 188 Å². The molecule has 1 radical (unpaired) electrons. The molecule has 2 rings (SSSR count). The van der Waals surface area contributed by atoms with Crippen molar-refractivity contribution in [2.75, 3.05) is 0 Å². The van der Waals surface area contributed by atoms with E-state index in [2.05, 4.69) is 19.6 Å². The third-order valence-corrected chi connectivity index (χ3v) is 6.43. The van der Waals surface area contributed by atoms with Gasteiger partial charge in [0.05, 0.1) is 5.60 Å². The molecular weight excluding hydrogens is 395 g/mol. The molecule has 1 aromatic rings. The summed E-state index contributed by atoms with van der Waals surface area (Å²) < 4.78 is 5.62. The zero-order chi connectivity index (χ0) is 23.5. The minimum Gasteiger partial charge on any atom is -0.428 e. The maximum Gasteiger partial charge on any atom is 0.330 e. The standard InChI is InChI=1S/C19H30BO3S.C5H8O/c1-12(2)16(21)19(8,22)15-10-9-14(11-13(15)3)20-23-17(4,5)18(6,7)24;1-4-2-5(6)3-4/h9-12,22,24H,1-8H3;4H,2-3H2,1H3. The topological polar surface area (TPSA) is 63.6 Å². The molecule has 1 N–H and O–H groups in total. The first-order valence-electron chi connectivity index (χ1n) is 10.6. The number of thiol groups is 1. The summed E-state index contributed by atoms with van der Waals surface area (Å²) in [4.78, 5) is 22.4. The van der Waals surface area contributed by atoms with E-state index in [0.29, 0.717) is 17.3 Å². The van der Waals surface area contributed by atoms with E-state index in [-0.39, 0.29) is 16.4 Å². The minimum atomic E-state index is -1.48. The summed E-state index contributed by atoms with van der Waals surface area (Å²) in [7, 11) is 1.70. The Morgan fingerprint density at radius 3 is 2.07 bits per heavy atom. The molecule has 0 spiro atoms. The highest BCUT2D eigenvalue weighted by molar-refractivity contribution is 7.81. The van der Waals surface area contributed by atoms with Gasteiger partial charge in [-0.2, -0.15) is 12.6 Å². The number of aryl methyl sites for hydroxylation is 1. The van der Waals surface area contributed by atoms with Crippen LogP contribution in [0.2, 0.25) is 0 Å². The van der Waals surface area contributed by atoms with Crippen LogP contribution in [0.3, 0.4) is 0 Å². The molecule has 4 nitrogen and oxygen atoms in total. The van der Waals surface area contributed by atoms with Crippen molar-refractivity contribution in [1.29, 1.82) is 0 Å². The van der Waals surface area contributed by atoms with Gasteiger partial charge in [0, 0.05) is 23.5 Å². The molecular formula is C24H38BO4S. The Balaban J connectivity index is 0.000000637. The molecule has 1 unspecified atom stereocenters. The first kappa shape index (κ1) is 26.9. The highest BCUT2D eigenvalue weighted by Gasteiger charge is 2.36. The highest BCUT2D eigenvalue weighted by Crippen LogP contribution is 2.31. The van der Waals surface area contributed by atoms with Crippen LogP contribution in [0.4, 0.5) is 0 Å². The zero-order valence-electron chi connectivity index (χ0n) is 20.0. The molecule has 0 heterocycles. The lowest BCUT2D eigenvalue weighted by Crippen LogP contribution is -2.45. The molecule has 0 amide bonds. The maximum atomic E-state index is 12.3. The van der Waals surface area contributed by atoms with Gasteiger partial charge in [0.1, 0.15) is 11.4 Å². The van der Waals surface area contributed by atoms with Crippen molar-refractivity contribution in [2.45, 2.75) is 91.1 Å². The lowest BCUT2D eigenvalue weighted by molar-refractivity contribution is -0.139. The van der Waals surface area contributed by atoms with Crippen molar-refractivity contribution in [1.82, 2.24) is 0 Å². The molecule has 30 heavy (non-hydrogen) atoms. The number of carbonyl (C=O) groups is 2. The summed E-state index contributed by atoms with van der Waals surface area (Å²) in [6.45, 7) is 17.1. The van der Waals surface area contributed by atoms with Crippen LogP contribution in [-0.2, 0) is 19.8 Å². The molecule has 6 heteroatoms. The van der Waals surface area contributed by atoms with E-state index in [1.54, 1.807) is 34.3 Å². The number of carbonyl (C=O) groups excluding carboxylic acids is 2. The predicted molar refractivity (Wildman–Crippen MR) is 128 cm³/mol. The summed E-state index contributed by atoms with van der Waals surface area (Å²) in [5.41, 5.74) is 0.447. The molecule has 0 aromatic heterocycles. The van der Waals surface area contributed by atoms with E-state index in [1.165, 1.54) is 0 Å². The van der Waals surface area contributed by atoms with Crippen LogP contribution in [0, 0.1) is 18.8 Å². The van der Waals surface area contributed by atoms with E-state index < -0.39 is 11.2 Å². The van der Waals surface area contributed by atoms with Gasteiger partial charge < -0.3 is 9.76 Å². The normalized spacial score (nSPS) is 17.0. The first-order chi connectivity index (χ1) is 13.5. The number of Topliss-reactive ketones (excluding diaryl/α,β-unsaturated/α-hetero) is 2. The molecule has 0 saturated heterocycles. The zero-order valence-corrected chi connectivity index (χ0v) is 20.9. The van der Waals surface area contributed by atoms with Gasteiger partial charge in [0.25, 0.3) is 0 Å². The SMILES string of the molecule is CC1CC(=O)C1.Cc1cc([B]OC(C)(C)C(C)(C)S)ccc1C(C)(O)C(=O)C(C)C. The summed E-state index contributed by atoms with van der Waals surface area (Å²) in [5, 5.41) is 10.7. The molecule has 0 bridgehead atoms. The third kappa shape index (κ3) is 6.96. The van der Waals surface area contributed by atoms with Crippen molar-refractivity contribution < 1.29 is 19.3 Å². The number of hydrogen-bond donors (Lipinski definition) is 2. The van der Waals surface area contributed by atoms with Gasteiger partial charge in [-0.3, -0.25) is 9.59 Å². The van der Waals surface area contributed by atoms with E-state index >= 15 is 0 Å². The number of ketones is 2. The molecule has 0 aliphatic heterocycles. The number of benzene rings is 1. The molecule has 1 aliphatic rings. The lowest BCUT2D eigenvalue weighted by Gasteiger charge is -2.38. The highest BCUT2D eigenvalue weighted by atomic mass is 32.1. The third-order valence-electron chi connectivity index (χ3n) is 5.89. The van der Waals surface area contributed by atoms with Gasteiger partial charge in [-0.15, -0.1) is 0 Å². The van der Waals surface area contributed by atoms with Gasteiger partial charge in [0.2, 0.25) is 0 Å². The quantitative estimate of drug-likeness (QED) is 0.501. The van der Waals surface area contributed by atoms with Crippen molar-refractivity contribution in [3.05, 3.63) is 29.3 Å². The van der Waals surface area contributed by atoms with Gasteiger partial charge in [0.15, 0.2) is 5.78 Å². The Bertz CT molecular complexity index is 755. The van der Waals surface area contributed by atoms with Crippen LogP contribution < -0.4 is 5.46 Å². The molecule has 1 atom stereocenters. The lowest BCUT2D eigenvalue weighted by atomic mass is 9.79. The molecule has 1 fully saturated rings. The Morgan fingerprint density at radius 2 is 1.73 bits per heavy atom. The van der Waals surface area contributed by atoms with Gasteiger partial charge in [-0.1, -0.05) is 44.4 Å². The predicted octanol–water partition coefficient (Wildman–Crippen LogP) is 4.16. The molecule has 1 saturated carbocycles. The van der Waals surface area contributed by atoms with Crippen molar-refractivity contribution in [3.8, 4) is 0 Å². The Hall–Kier alpha value is -1.11. The van der Waals surface area contributed by atoms with Gasteiger partial charge in [-0.25, -0.2) is 0 Å². The van der Waals surface area contributed by atoms with Crippen LogP contribution in [0.1, 0.15) is 79.4 Å². The largest absolute Gasteiger partial charge is 0.428 e. The Morgan fingerprint density at radius 1 is 1.20 bits per heavy atom. The smallest absolute Gasteiger partial charge is 0.330 e. The van der Waals surface area contributed by atoms with E-state index in [0.717, 1.165) is 23.9 Å². The van der Waals surface area contributed by atoms with Crippen LogP contribution in [0.15, 0.2) is 18.2 Å². The maximum absolute atomic E-state index is 12.3. The van der Waals surface area contributed by atoms with E-state index in [9.17, 15) is 14.7 Å². The fourth-order valence-corrected chi connectivity index (χ4v) is 3.13. The summed E-state index contributed by atoms with van der Waals surface area (Å²) >= 11 is 4.58. The molecule has 1 aromatic carbocycles. The van der Waals surface area contributed by atoms with Crippen LogP contribution >= 0.6 is 12.6 Å². The van der Waals surface area contributed by atoms with Gasteiger partial charge >= 0.3 is 7.48 Å². The molecule has 167 valence electrons. The summed E-state index contributed by atoms with van der Waals surface area (Å²) in [6, 6.07) is 5.56. The van der Waals surface area contributed by atoms with Gasteiger partial charge in [-0.05, 0) is 58.6 Å². The van der Waals surface area contributed by atoms with E-state index in [1.807, 2.05) is 46.8 Å². The van der Waals surface area contributed by atoms with Crippen LogP contribution in [-0.4, -0.2) is 34.5 Å². The number of rotatable bonds is 7. The second-order valence-electron chi connectivity index (χ2n) is 10.0. The average Bonchev–Trinajstić information content (AvgIpc) is 2.57. The van der Waals surface area contributed by atoms with Crippen LogP contribution in [0.25, 0.3) is 0 Å². The van der Waals surface area contributed by atoms with Crippen molar-refractivity contribution in [2.24, 2.45) is 11.8 Å². The number of aliphatic hydroxyl groups is 1. The van der Waals surface area contributed by atoms with E-state index in [4.69, 9.17) is 4.65 Å². The first-order valence-corrected chi connectivity index (χ1v) is 11.1. The Kier molecular flexibility index (Phi) is 8.99. The monoisotopic (exact) mass is 433 g/mol. The molecule has 1 aliphatic carbocycles. The second-order valence-corrected chi connectivity index (χ2v) is 11.1. The fraction of sp³-hybridized carbons (Fsp3) is 0.667. The minimum absolute atomic E-state index is 0.184. The second kappa shape index (κ2) is 10.0. The average molecular weight is 433 g/mol. The summed E-state index contributed by atoms with van der Waals surface area (Å²) in [5.74, 6) is 0.712. The van der Waals surface area contributed by atoms with Crippen molar-refractivity contribution >= 4 is 37.1 Å². The summed E-state index contributed by atoms with van der Waals surface area (Å²) in [6.07, 6.45) is 1.67.